The summed E-state index contributed by atoms with van der Waals surface area (Å²) in [4.78, 5) is 12.7. The Labute approximate surface area is 179 Å². The molecule has 0 unspecified atom stereocenters. The van der Waals surface area contributed by atoms with E-state index in [1.165, 1.54) is 20.3 Å². The van der Waals surface area contributed by atoms with E-state index in [-0.39, 0.29) is 41.5 Å². The quantitative estimate of drug-likeness (QED) is 0.621. The van der Waals surface area contributed by atoms with E-state index in [1.54, 1.807) is 18.2 Å². The van der Waals surface area contributed by atoms with E-state index in [0.29, 0.717) is 16.7 Å². The molecular weight excluding hydrogens is 404 g/mol. The van der Waals surface area contributed by atoms with Gasteiger partial charge in [-0.25, -0.2) is 0 Å². The minimum atomic E-state index is -0.984. The molecule has 3 N–H and O–H groups in total. The fraction of sp³-hybridized carbons (Fsp3) is 0.435. The van der Waals surface area contributed by atoms with Crippen LogP contribution in [0.25, 0.3) is 0 Å². The van der Waals surface area contributed by atoms with E-state index in [9.17, 15) is 20.1 Å². The number of carbonyl (C=O) groups excluding carboxylic acids is 1. The molecule has 8 heteroatoms. The molecule has 0 spiro atoms. The zero-order chi connectivity index (χ0) is 22.4. The number of hydrogen-bond acceptors (Lipinski definition) is 8. The lowest BCUT2D eigenvalue weighted by Gasteiger charge is -2.37. The van der Waals surface area contributed by atoms with Crippen molar-refractivity contribution in [3.63, 3.8) is 0 Å². The molecule has 2 aromatic rings. The van der Waals surface area contributed by atoms with Crippen molar-refractivity contribution in [2.75, 3.05) is 20.8 Å². The van der Waals surface area contributed by atoms with Gasteiger partial charge in [-0.2, -0.15) is 0 Å². The van der Waals surface area contributed by atoms with Gasteiger partial charge in [0.15, 0.2) is 23.0 Å². The van der Waals surface area contributed by atoms with Crippen molar-refractivity contribution >= 4 is 5.97 Å². The van der Waals surface area contributed by atoms with Crippen LogP contribution in [0.1, 0.15) is 42.6 Å². The second kappa shape index (κ2) is 7.85. The molecule has 0 aromatic heterocycles. The molecule has 0 bridgehead atoms. The van der Waals surface area contributed by atoms with Crippen LogP contribution in [-0.2, 0) is 9.53 Å². The summed E-state index contributed by atoms with van der Waals surface area (Å²) in [6.07, 6.45) is -1.17. The second-order valence-corrected chi connectivity index (χ2v) is 8.13. The van der Waals surface area contributed by atoms with E-state index in [2.05, 4.69) is 0 Å². The number of hydrogen-bond donors (Lipinski definition) is 3. The number of aliphatic hydroxyl groups is 1. The molecule has 1 fully saturated rings. The molecule has 2 aromatic carbocycles. The van der Waals surface area contributed by atoms with Crippen molar-refractivity contribution < 1.29 is 39.1 Å². The molecule has 31 heavy (non-hydrogen) atoms. The second-order valence-electron chi connectivity index (χ2n) is 8.13. The van der Waals surface area contributed by atoms with Crippen molar-refractivity contribution in [1.29, 1.82) is 0 Å². The molecule has 1 aliphatic heterocycles. The maximum Gasteiger partial charge on any atom is 0.310 e. The number of ether oxygens (including phenoxy) is 4. The largest absolute Gasteiger partial charge is 0.504 e. The molecule has 0 amide bonds. The fourth-order valence-corrected chi connectivity index (χ4v) is 4.60. The van der Waals surface area contributed by atoms with Crippen LogP contribution in [0.5, 0.6) is 28.7 Å². The van der Waals surface area contributed by atoms with Crippen LogP contribution in [0.4, 0.5) is 0 Å². The molecule has 1 saturated heterocycles. The first kappa shape index (κ1) is 21.1. The molecule has 0 radical (unpaired) electrons. The highest BCUT2D eigenvalue weighted by molar-refractivity contribution is 5.79. The lowest BCUT2D eigenvalue weighted by molar-refractivity contribution is -0.141. The monoisotopic (exact) mass is 430 g/mol. The van der Waals surface area contributed by atoms with Crippen molar-refractivity contribution in [1.82, 2.24) is 0 Å². The summed E-state index contributed by atoms with van der Waals surface area (Å²) in [6.45, 7) is 3.76. The molecule has 0 saturated carbocycles. The SMILES string of the molecule is COc1cc([C@@H]2c3cc(OC(C)C)c(O)cc3[C@H](O)[C@@H]3COC(=O)[C@@H]23)cc(OC)c1O. The van der Waals surface area contributed by atoms with Crippen LogP contribution in [0.2, 0.25) is 0 Å². The first-order valence-corrected chi connectivity index (χ1v) is 10.1. The Bertz CT molecular complexity index is 990. The van der Waals surface area contributed by atoms with Gasteiger partial charge < -0.3 is 34.3 Å². The van der Waals surface area contributed by atoms with Crippen molar-refractivity contribution in [3.05, 3.63) is 41.0 Å². The summed E-state index contributed by atoms with van der Waals surface area (Å²) in [6, 6.07) is 6.43. The number of aliphatic hydroxyl groups excluding tert-OH is 1. The summed E-state index contributed by atoms with van der Waals surface area (Å²) < 4.78 is 21.7. The van der Waals surface area contributed by atoms with Crippen molar-refractivity contribution in [2.45, 2.75) is 32.0 Å². The van der Waals surface area contributed by atoms with Crippen LogP contribution in [0, 0.1) is 11.8 Å². The Morgan fingerprint density at radius 2 is 1.65 bits per heavy atom. The maximum atomic E-state index is 12.7. The third-order valence-electron chi connectivity index (χ3n) is 5.96. The average Bonchev–Trinajstić information content (AvgIpc) is 3.11. The number of phenols is 2. The predicted molar refractivity (Wildman–Crippen MR) is 110 cm³/mol. The van der Waals surface area contributed by atoms with Crippen LogP contribution in [0.15, 0.2) is 24.3 Å². The Hall–Kier alpha value is -3.13. The number of aromatic hydroxyl groups is 2. The average molecular weight is 430 g/mol. The van der Waals surface area contributed by atoms with E-state index in [4.69, 9.17) is 18.9 Å². The van der Waals surface area contributed by atoms with Gasteiger partial charge in [0.2, 0.25) is 5.75 Å². The first-order chi connectivity index (χ1) is 14.8. The Morgan fingerprint density at radius 3 is 2.23 bits per heavy atom. The minimum Gasteiger partial charge on any atom is -0.504 e. The van der Waals surface area contributed by atoms with Gasteiger partial charge in [-0.05, 0) is 54.8 Å². The van der Waals surface area contributed by atoms with E-state index < -0.39 is 29.8 Å². The van der Waals surface area contributed by atoms with E-state index >= 15 is 0 Å². The van der Waals surface area contributed by atoms with Gasteiger partial charge in [0.1, 0.15) is 0 Å². The molecular formula is C23H26O8. The number of benzene rings is 2. The molecule has 1 heterocycles. The smallest absolute Gasteiger partial charge is 0.310 e. The zero-order valence-corrected chi connectivity index (χ0v) is 17.8. The molecule has 1 aliphatic carbocycles. The third kappa shape index (κ3) is 3.40. The Kier molecular flexibility index (Phi) is 5.35. The summed E-state index contributed by atoms with van der Waals surface area (Å²) in [7, 11) is 2.85. The Balaban J connectivity index is 1.96. The highest BCUT2D eigenvalue weighted by Crippen LogP contribution is 2.54. The maximum absolute atomic E-state index is 12.7. The van der Waals surface area contributed by atoms with Gasteiger partial charge in [-0.15, -0.1) is 0 Å². The van der Waals surface area contributed by atoms with Crippen molar-refractivity contribution in [3.8, 4) is 28.7 Å². The van der Waals surface area contributed by atoms with Gasteiger partial charge in [0.05, 0.1) is 39.0 Å². The number of esters is 1. The molecule has 4 atom stereocenters. The Morgan fingerprint density at radius 1 is 1.00 bits per heavy atom. The third-order valence-corrected chi connectivity index (χ3v) is 5.96. The van der Waals surface area contributed by atoms with Crippen LogP contribution >= 0.6 is 0 Å². The van der Waals surface area contributed by atoms with Gasteiger partial charge in [-0.3, -0.25) is 4.79 Å². The van der Waals surface area contributed by atoms with E-state index in [0.717, 1.165) is 0 Å². The molecule has 2 aliphatic rings. The minimum absolute atomic E-state index is 0.0813. The first-order valence-electron chi connectivity index (χ1n) is 10.1. The normalized spacial score (nSPS) is 24.4. The van der Waals surface area contributed by atoms with E-state index in [1.807, 2.05) is 13.8 Å². The van der Waals surface area contributed by atoms with Gasteiger partial charge in [-0.1, -0.05) is 0 Å². The fourth-order valence-electron chi connectivity index (χ4n) is 4.60. The van der Waals surface area contributed by atoms with Gasteiger partial charge in [0.25, 0.3) is 0 Å². The summed E-state index contributed by atoms with van der Waals surface area (Å²) in [5.74, 6) is -1.66. The lowest BCUT2D eigenvalue weighted by Crippen LogP contribution is -2.34. The van der Waals surface area contributed by atoms with Crippen molar-refractivity contribution in [2.24, 2.45) is 11.8 Å². The number of carbonyl (C=O) groups is 1. The number of methoxy groups -OCH3 is 2. The molecule has 4 rings (SSSR count). The molecule has 166 valence electrons. The standard InChI is InChI=1S/C23H26O8/c1-10(2)31-16-8-12-13(7-15(16)24)21(25)14-9-30-23(27)20(14)19(12)11-5-17(28-3)22(26)18(6-11)29-4/h5-8,10,14,19-21,24-26H,9H2,1-4H3/t14-,19-,20-,21+/m1/s1. The topological polar surface area (TPSA) is 115 Å². The number of phenolic OH excluding ortho intramolecular Hbond substituents is 2. The van der Waals surface area contributed by atoms with Crippen LogP contribution < -0.4 is 14.2 Å². The summed E-state index contributed by atoms with van der Waals surface area (Å²) >= 11 is 0. The van der Waals surface area contributed by atoms with Crippen LogP contribution in [-0.4, -0.2) is 48.2 Å². The number of rotatable bonds is 5. The van der Waals surface area contributed by atoms with Crippen LogP contribution in [0.3, 0.4) is 0 Å². The van der Waals surface area contributed by atoms with Gasteiger partial charge >= 0.3 is 5.97 Å². The van der Waals surface area contributed by atoms with Gasteiger partial charge in [0, 0.05) is 11.8 Å². The summed E-state index contributed by atoms with van der Waals surface area (Å²) in [5, 5.41) is 31.8. The predicted octanol–water partition coefficient (Wildman–Crippen LogP) is 2.87. The number of cyclic esters (lactones) is 1. The highest BCUT2D eigenvalue weighted by atomic mass is 16.5. The lowest BCUT2D eigenvalue weighted by atomic mass is 9.66. The zero-order valence-electron chi connectivity index (χ0n) is 17.8. The number of fused-ring (bicyclic) bond motifs is 2. The highest BCUT2D eigenvalue weighted by Gasteiger charge is 2.52. The summed E-state index contributed by atoms with van der Waals surface area (Å²) in [5.41, 5.74) is 1.79. The molecule has 8 nitrogen and oxygen atoms in total.